The monoisotopic (exact) mass is 263 g/mol. The molecular formula is C14H18ClN3. The van der Waals surface area contributed by atoms with Crippen molar-refractivity contribution in [2.24, 2.45) is 11.3 Å². The van der Waals surface area contributed by atoms with Gasteiger partial charge in [-0.05, 0) is 36.3 Å². The van der Waals surface area contributed by atoms with Crippen LogP contribution >= 0.6 is 11.6 Å². The number of rotatable bonds is 3. The van der Waals surface area contributed by atoms with Gasteiger partial charge in [-0.3, -0.25) is 0 Å². The molecule has 0 bridgehead atoms. The average molecular weight is 264 g/mol. The number of benzene rings is 1. The lowest BCUT2D eigenvalue weighted by Gasteiger charge is -2.21. The van der Waals surface area contributed by atoms with Crippen LogP contribution in [0.25, 0.3) is 11.0 Å². The van der Waals surface area contributed by atoms with Gasteiger partial charge in [0.1, 0.15) is 0 Å². The molecule has 1 fully saturated rings. The number of anilines is 1. The third kappa shape index (κ3) is 1.69. The second-order valence-electron chi connectivity index (χ2n) is 5.68. The fraction of sp³-hybridized carbons (Fsp3) is 0.500. The molecule has 1 saturated carbocycles. The van der Waals surface area contributed by atoms with E-state index in [1.54, 1.807) is 0 Å². The van der Waals surface area contributed by atoms with Crippen molar-refractivity contribution in [3.63, 3.8) is 0 Å². The predicted molar refractivity (Wildman–Crippen MR) is 75.7 cm³/mol. The molecule has 0 unspecified atom stereocenters. The maximum absolute atomic E-state index is 6.29. The minimum atomic E-state index is 0.390. The zero-order valence-electron chi connectivity index (χ0n) is 10.8. The molecule has 2 N–H and O–H groups in total. The predicted octanol–water partition coefficient (Wildman–Crippen LogP) is 3.71. The van der Waals surface area contributed by atoms with E-state index in [9.17, 15) is 0 Å². The van der Waals surface area contributed by atoms with Gasteiger partial charge in [0.05, 0.1) is 16.1 Å². The topological polar surface area (TPSA) is 43.8 Å². The second-order valence-corrected chi connectivity index (χ2v) is 6.09. The lowest BCUT2D eigenvalue weighted by Crippen LogP contribution is -2.19. The summed E-state index contributed by atoms with van der Waals surface area (Å²) in [6.07, 6.45) is 2.54. The van der Waals surface area contributed by atoms with Crippen LogP contribution < -0.4 is 5.73 Å². The van der Waals surface area contributed by atoms with Crippen LogP contribution in [0.3, 0.4) is 0 Å². The number of aromatic nitrogens is 2. The Hall–Kier alpha value is -1.22. The third-order valence-electron chi connectivity index (χ3n) is 4.34. The number of nitrogen functional groups attached to an aromatic ring is 1. The Morgan fingerprint density at radius 1 is 1.44 bits per heavy atom. The summed E-state index contributed by atoms with van der Waals surface area (Å²) < 4.78 is 2.09. The van der Waals surface area contributed by atoms with Crippen LogP contribution in [-0.4, -0.2) is 9.55 Å². The highest BCUT2D eigenvalue weighted by Crippen LogP contribution is 2.53. The van der Waals surface area contributed by atoms with Crippen molar-refractivity contribution in [1.82, 2.24) is 9.55 Å². The number of hydrogen-bond acceptors (Lipinski definition) is 2. The highest BCUT2D eigenvalue weighted by molar-refractivity contribution is 6.35. The fourth-order valence-electron chi connectivity index (χ4n) is 2.71. The van der Waals surface area contributed by atoms with E-state index in [1.165, 1.54) is 12.8 Å². The maximum Gasteiger partial charge on any atom is 0.201 e. The molecule has 1 aromatic heterocycles. The second kappa shape index (κ2) is 3.89. The number of imidazole rings is 1. The Labute approximate surface area is 112 Å². The molecule has 3 nitrogen and oxygen atoms in total. The van der Waals surface area contributed by atoms with Crippen molar-refractivity contribution < 1.29 is 0 Å². The van der Waals surface area contributed by atoms with Gasteiger partial charge in [0.15, 0.2) is 0 Å². The Bertz CT molecular complexity index is 596. The van der Waals surface area contributed by atoms with Crippen LogP contribution in [0.2, 0.25) is 5.02 Å². The largest absolute Gasteiger partial charge is 0.369 e. The highest BCUT2D eigenvalue weighted by atomic mass is 35.5. The van der Waals surface area contributed by atoms with Crippen molar-refractivity contribution in [1.29, 1.82) is 0 Å². The SMILES string of the molecule is CC(C)C1(Cn2c(N)nc3cccc(Cl)c32)CC1. The van der Waals surface area contributed by atoms with Crippen LogP contribution in [0.4, 0.5) is 5.95 Å². The molecular weight excluding hydrogens is 246 g/mol. The van der Waals surface area contributed by atoms with Crippen molar-refractivity contribution in [3.05, 3.63) is 23.2 Å². The molecule has 1 aliphatic carbocycles. The van der Waals surface area contributed by atoms with E-state index in [1.807, 2.05) is 18.2 Å². The molecule has 0 amide bonds. The van der Waals surface area contributed by atoms with Crippen LogP contribution in [0.1, 0.15) is 26.7 Å². The molecule has 4 heteroatoms. The van der Waals surface area contributed by atoms with Gasteiger partial charge in [-0.2, -0.15) is 0 Å². The maximum atomic E-state index is 6.29. The van der Waals surface area contributed by atoms with Crippen LogP contribution in [0.5, 0.6) is 0 Å². The summed E-state index contributed by atoms with van der Waals surface area (Å²) in [7, 11) is 0. The Balaban J connectivity index is 2.09. The molecule has 2 aromatic rings. The number of fused-ring (bicyclic) bond motifs is 1. The van der Waals surface area contributed by atoms with Gasteiger partial charge in [0, 0.05) is 6.54 Å². The Morgan fingerprint density at radius 3 is 2.78 bits per heavy atom. The number of nitrogens with two attached hydrogens (primary N) is 1. The van der Waals surface area contributed by atoms with Crippen LogP contribution in [-0.2, 0) is 6.54 Å². The molecule has 0 saturated heterocycles. The van der Waals surface area contributed by atoms with Gasteiger partial charge in [-0.1, -0.05) is 31.5 Å². The molecule has 0 spiro atoms. The van der Waals surface area contributed by atoms with Gasteiger partial charge >= 0.3 is 0 Å². The van der Waals surface area contributed by atoms with E-state index in [4.69, 9.17) is 17.3 Å². The van der Waals surface area contributed by atoms with Crippen molar-refractivity contribution in [2.45, 2.75) is 33.2 Å². The van der Waals surface area contributed by atoms with E-state index < -0.39 is 0 Å². The molecule has 1 aliphatic rings. The van der Waals surface area contributed by atoms with E-state index in [2.05, 4.69) is 23.4 Å². The van der Waals surface area contributed by atoms with E-state index in [0.717, 1.165) is 22.6 Å². The molecule has 3 rings (SSSR count). The summed E-state index contributed by atoms with van der Waals surface area (Å²) >= 11 is 6.29. The quantitative estimate of drug-likeness (QED) is 0.917. The van der Waals surface area contributed by atoms with E-state index in [0.29, 0.717) is 17.3 Å². The van der Waals surface area contributed by atoms with Crippen molar-refractivity contribution in [3.8, 4) is 0 Å². The molecule has 0 atom stereocenters. The first-order valence-corrected chi connectivity index (χ1v) is 6.81. The normalized spacial score (nSPS) is 17.6. The molecule has 1 aromatic carbocycles. The number of halogens is 1. The molecule has 0 radical (unpaired) electrons. The first kappa shape index (κ1) is 11.8. The van der Waals surface area contributed by atoms with Gasteiger partial charge in [0.25, 0.3) is 0 Å². The summed E-state index contributed by atoms with van der Waals surface area (Å²) in [4.78, 5) is 4.40. The third-order valence-corrected chi connectivity index (χ3v) is 4.64. The minimum Gasteiger partial charge on any atom is -0.369 e. The van der Waals surface area contributed by atoms with Crippen LogP contribution in [0.15, 0.2) is 18.2 Å². The van der Waals surface area contributed by atoms with Crippen molar-refractivity contribution in [2.75, 3.05) is 5.73 Å². The summed E-state index contributed by atoms with van der Waals surface area (Å²) in [5, 5.41) is 0.733. The lowest BCUT2D eigenvalue weighted by molar-refractivity contribution is 0.314. The first-order chi connectivity index (χ1) is 8.53. The minimum absolute atomic E-state index is 0.390. The summed E-state index contributed by atoms with van der Waals surface area (Å²) in [5.41, 5.74) is 8.30. The Kier molecular flexibility index (Phi) is 2.56. The highest BCUT2D eigenvalue weighted by Gasteiger charge is 2.46. The summed E-state index contributed by atoms with van der Waals surface area (Å²) in [5.74, 6) is 1.24. The number of para-hydroxylation sites is 1. The van der Waals surface area contributed by atoms with Gasteiger partial charge in [-0.25, -0.2) is 4.98 Å². The molecule has 1 heterocycles. The average Bonchev–Trinajstić information content (AvgIpc) is 3.01. The van der Waals surface area contributed by atoms with Gasteiger partial charge < -0.3 is 10.3 Å². The molecule has 96 valence electrons. The zero-order chi connectivity index (χ0) is 12.9. The summed E-state index contributed by atoms with van der Waals surface area (Å²) in [6, 6.07) is 5.77. The summed E-state index contributed by atoms with van der Waals surface area (Å²) in [6.45, 7) is 5.49. The lowest BCUT2D eigenvalue weighted by atomic mass is 9.92. The smallest absolute Gasteiger partial charge is 0.201 e. The van der Waals surface area contributed by atoms with Crippen molar-refractivity contribution >= 4 is 28.6 Å². The number of hydrogen-bond donors (Lipinski definition) is 1. The fourth-order valence-corrected chi connectivity index (χ4v) is 2.98. The first-order valence-electron chi connectivity index (χ1n) is 6.44. The van der Waals surface area contributed by atoms with Gasteiger partial charge in [0.2, 0.25) is 5.95 Å². The molecule has 0 aliphatic heterocycles. The van der Waals surface area contributed by atoms with E-state index >= 15 is 0 Å². The standard InChI is InChI=1S/C14H18ClN3/c1-9(2)14(6-7-14)8-18-12-10(15)4-3-5-11(12)17-13(18)16/h3-5,9H,6-8H2,1-2H3,(H2,16,17). The molecule has 18 heavy (non-hydrogen) atoms. The zero-order valence-corrected chi connectivity index (χ0v) is 11.5. The van der Waals surface area contributed by atoms with E-state index in [-0.39, 0.29) is 0 Å². The number of nitrogens with zero attached hydrogens (tertiary/aromatic N) is 2. The van der Waals surface area contributed by atoms with Crippen LogP contribution in [0, 0.1) is 11.3 Å². The van der Waals surface area contributed by atoms with Gasteiger partial charge in [-0.15, -0.1) is 0 Å². The Morgan fingerprint density at radius 2 is 2.17 bits per heavy atom.